The second-order valence-corrected chi connectivity index (χ2v) is 5.15. The smallest absolute Gasteiger partial charge is 0.142 e. The first-order valence-electron chi connectivity index (χ1n) is 6.47. The maximum atomic E-state index is 13.4. The van der Waals surface area contributed by atoms with Crippen molar-refractivity contribution < 1.29 is 9.50 Å². The molecule has 0 bridgehead atoms. The van der Waals surface area contributed by atoms with Crippen molar-refractivity contribution in [2.45, 2.75) is 12.5 Å². The number of fused-ring (bicyclic) bond motifs is 1. The van der Waals surface area contributed by atoms with E-state index in [0.29, 0.717) is 16.6 Å². The van der Waals surface area contributed by atoms with E-state index in [1.54, 1.807) is 24.5 Å². The van der Waals surface area contributed by atoms with E-state index in [1.807, 2.05) is 12.1 Å². The van der Waals surface area contributed by atoms with E-state index in [-0.39, 0.29) is 11.4 Å². The minimum absolute atomic E-state index is 0.0734. The Bertz CT molecular complexity index is 789. The van der Waals surface area contributed by atoms with Crippen LogP contribution in [0.15, 0.2) is 48.8 Å². The van der Waals surface area contributed by atoms with Gasteiger partial charge in [-0.3, -0.25) is 9.97 Å². The highest BCUT2D eigenvalue weighted by Gasteiger charge is 2.14. The van der Waals surface area contributed by atoms with E-state index < -0.39 is 11.9 Å². The summed E-state index contributed by atoms with van der Waals surface area (Å²) in [5.74, 6) is -0.487. The molecule has 0 aliphatic heterocycles. The number of aliphatic hydroxyl groups is 1. The molecule has 3 nitrogen and oxygen atoms in total. The molecule has 1 aromatic heterocycles. The molecule has 5 heteroatoms. The van der Waals surface area contributed by atoms with Crippen molar-refractivity contribution in [3.05, 3.63) is 70.8 Å². The highest BCUT2D eigenvalue weighted by atomic mass is 35.5. The summed E-state index contributed by atoms with van der Waals surface area (Å²) in [4.78, 5) is 8.46. The van der Waals surface area contributed by atoms with Crippen molar-refractivity contribution >= 4 is 22.6 Å². The van der Waals surface area contributed by atoms with Gasteiger partial charge in [0.25, 0.3) is 0 Å². The van der Waals surface area contributed by atoms with E-state index >= 15 is 0 Å². The van der Waals surface area contributed by atoms with Gasteiger partial charge < -0.3 is 5.11 Å². The maximum Gasteiger partial charge on any atom is 0.142 e. The number of para-hydroxylation sites is 1. The lowest BCUT2D eigenvalue weighted by Gasteiger charge is -2.13. The zero-order valence-electron chi connectivity index (χ0n) is 11.0. The summed E-state index contributed by atoms with van der Waals surface area (Å²) in [5, 5.41) is 10.5. The van der Waals surface area contributed by atoms with E-state index in [2.05, 4.69) is 9.97 Å². The van der Waals surface area contributed by atoms with Crippen molar-refractivity contribution in [2.24, 2.45) is 0 Å². The monoisotopic (exact) mass is 302 g/mol. The molecule has 1 heterocycles. The maximum absolute atomic E-state index is 13.4. The second kappa shape index (κ2) is 5.76. The molecule has 0 aliphatic rings. The Hall–Kier alpha value is -2.04. The third-order valence-corrected chi connectivity index (χ3v) is 3.61. The first kappa shape index (κ1) is 13.9. The largest absolute Gasteiger partial charge is 0.388 e. The molecule has 106 valence electrons. The fourth-order valence-electron chi connectivity index (χ4n) is 2.28. The van der Waals surface area contributed by atoms with Gasteiger partial charge in [0.1, 0.15) is 5.82 Å². The number of nitrogens with zero attached hydrogens (tertiary/aromatic N) is 2. The van der Waals surface area contributed by atoms with Gasteiger partial charge in [0, 0.05) is 24.4 Å². The molecule has 0 aliphatic carbocycles. The summed E-state index contributed by atoms with van der Waals surface area (Å²) in [7, 11) is 0. The molecule has 0 saturated heterocycles. The Morgan fingerprint density at radius 2 is 1.95 bits per heavy atom. The van der Waals surface area contributed by atoms with E-state index in [1.165, 1.54) is 12.1 Å². The fraction of sp³-hybridized carbons (Fsp3) is 0.125. The van der Waals surface area contributed by atoms with Crippen molar-refractivity contribution in [3.63, 3.8) is 0 Å². The zero-order valence-corrected chi connectivity index (χ0v) is 11.8. The molecule has 21 heavy (non-hydrogen) atoms. The number of benzene rings is 2. The lowest BCUT2D eigenvalue weighted by Crippen LogP contribution is -2.04. The number of hydrogen-bond donors (Lipinski definition) is 1. The molecule has 3 rings (SSSR count). The topological polar surface area (TPSA) is 46.0 Å². The third-order valence-electron chi connectivity index (χ3n) is 3.30. The molecule has 0 radical (unpaired) electrons. The number of rotatable bonds is 3. The van der Waals surface area contributed by atoms with Gasteiger partial charge >= 0.3 is 0 Å². The number of hydrogen-bond acceptors (Lipinski definition) is 3. The van der Waals surface area contributed by atoms with Crippen LogP contribution in [0.2, 0.25) is 5.02 Å². The molecule has 0 amide bonds. The van der Waals surface area contributed by atoms with Gasteiger partial charge in [0.05, 0.1) is 22.2 Å². The van der Waals surface area contributed by atoms with Gasteiger partial charge in [0.2, 0.25) is 0 Å². The van der Waals surface area contributed by atoms with Crippen molar-refractivity contribution in [2.75, 3.05) is 0 Å². The normalized spacial score (nSPS) is 12.5. The van der Waals surface area contributed by atoms with Gasteiger partial charge in [-0.25, -0.2) is 4.39 Å². The Labute approximate surface area is 126 Å². The predicted octanol–water partition coefficient (Wildman–Crippen LogP) is 3.70. The quantitative estimate of drug-likeness (QED) is 0.802. The fourth-order valence-corrected chi connectivity index (χ4v) is 2.40. The SMILES string of the molecule is OC(Cc1ccc(Cl)c(F)c1)c1cccc2nccnc12. The average Bonchev–Trinajstić information content (AvgIpc) is 2.50. The molecular weight excluding hydrogens is 291 g/mol. The van der Waals surface area contributed by atoms with E-state index in [0.717, 1.165) is 5.52 Å². The standard InChI is InChI=1S/C16H12ClFN2O/c17-12-5-4-10(8-13(12)18)9-15(21)11-2-1-3-14-16(11)20-7-6-19-14/h1-8,15,21H,9H2. The lowest BCUT2D eigenvalue weighted by molar-refractivity contribution is 0.179. The highest BCUT2D eigenvalue weighted by Crippen LogP contribution is 2.25. The Balaban J connectivity index is 1.93. The number of halogens is 2. The molecule has 2 aromatic carbocycles. The molecule has 0 saturated carbocycles. The van der Waals surface area contributed by atoms with Crippen molar-refractivity contribution in [1.29, 1.82) is 0 Å². The first-order chi connectivity index (χ1) is 10.1. The van der Waals surface area contributed by atoms with Crippen molar-refractivity contribution in [1.82, 2.24) is 9.97 Å². The van der Waals surface area contributed by atoms with Crippen LogP contribution in [0.4, 0.5) is 4.39 Å². The highest BCUT2D eigenvalue weighted by molar-refractivity contribution is 6.30. The van der Waals surface area contributed by atoms with Crippen LogP contribution in [-0.4, -0.2) is 15.1 Å². The number of aliphatic hydroxyl groups excluding tert-OH is 1. The summed E-state index contributed by atoms with van der Waals surface area (Å²) in [6.07, 6.45) is 2.68. The van der Waals surface area contributed by atoms with Crippen LogP contribution in [-0.2, 0) is 6.42 Å². The van der Waals surface area contributed by atoms with E-state index in [4.69, 9.17) is 11.6 Å². The van der Waals surface area contributed by atoms with Crippen LogP contribution in [0.25, 0.3) is 11.0 Å². The number of aromatic nitrogens is 2. The van der Waals surface area contributed by atoms with Crippen LogP contribution in [0.5, 0.6) is 0 Å². The predicted molar refractivity (Wildman–Crippen MR) is 79.6 cm³/mol. The summed E-state index contributed by atoms with van der Waals surface area (Å²) < 4.78 is 13.4. The molecule has 3 aromatic rings. The molecule has 1 atom stereocenters. The van der Waals surface area contributed by atoms with E-state index in [9.17, 15) is 9.50 Å². The Kier molecular flexibility index (Phi) is 3.82. The van der Waals surface area contributed by atoms with Crippen LogP contribution in [0.3, 0.4) is 0 Å². The van der Waals surface area contributed by atoms with Crippen molar-refractivity contribution in [3.8, 4) is 0 Å². The van der Waals surface area contributed by atoms with Gasteiger partial charge in [-0.15, -0.1) is 0 Å². The van der Waals surface area contributed by atoms with Gasteiger partial charge in [-0.2, -0.15) is 0 Å². The summed E-state index contributed by atoms with van der Waals surface area (Å²) in [5.41, 5.74) is 2.72. The van der Waals surface area contributed by atoms with Gasteiger partial charge in [-0.1, -0.05) is 29.8 Å². The molecule has 1 N–H and O–H groups in total. The summed E-state index contributed by atoms with van der Waals surface area (Å²) >= 11 is 5.66. The van der Waals surface area contributed by atoms with Crippen LogP contribution in [0, 0.1) is 5.82 Å². The van der Waals surface area contributed by atoms with Crippen LogP contribution < -0.4 is 0 Å². The first-order valence-corrected chi connectivity index (χ1v) is 6.84. The minimum Gasteiger partial charge on any atom is -0.388 e. The molecular formula is C16H12ClFN2O. The third kappa shape index (κ3) is 2.86. The minimum atomic E-state index is -0.786. The molecule has 1 unspecified atom stereocenters. The summed E-state index contributed by atoms with van der Waals surface area (Å²) in [6.45, 7) is 0. The Morgan fingerprint density at radius 3 is 2.76 bits per heavy atom. The summed E-state index contributed by atoms with van der Waals surface area (Å²) in [6, 6.07) is 9.97. The zero-order chi connectivity index (χ0) is 14.8. The second-order valence-electron chi connectivity index (χ2n) is 4.74. The van der Waals surface area contributed by atoms with Gasteiger partial charge in [0.15, 0.2) is 0 Å². The lowest BCUT2D eigenvalue weighted by atomic mass is 10.00. The average molecular weight is 303 g/mol. The molecule has 0 spiro atoms. The van der Waals surface area contributed by atoms with Crippen LogP contribution in [0.1, 0.15) is 17.2 Å². The Morgan fingerprint density at radius 1 is 1.14 bits per heavy atom. The molecule has 0 fully saturated rings. The van der Waals surface area contributed by atoms with Crippen LogP contribution >= 0.6 is 11.6 Å². The van der Waals surface area contributed by atoms with Gasteiger partial charge in [-0.05, 0) is 23.8 Å².